The summed E-state index contributed by atoms with van der Waals surface area (Å²) in [5, 5.41) is 15.3. The molecule has 3 N–H and O–H groups in total. The Bertz CT molecular complexity index is 450. The summed E-state index contributed by atoms with van der Waals surface area (Å²) in [6.45, 7) is 3.28. The molecule has 0 heterocycles. The molecular formula is C17H28N2O3. The van der Waals surface area contributed by atoms with Gasteiger partial charge in [-0.3, -0.25) is 0 Å². The van der Waals surface area contributed by atoms with Gasteiger partial charge in [0.1, 0.15) is 0 Å². The number of phenolic OH excluding ortho intramolecular Hbond substituents is 1. The fraction of sp³-hybridized carbons (Fsp3) is 0.588. The first-order valence-electron chi connectivity index (χ1n) is 8.05. The molecule has 22 heavy (non-hydrogen) atoms. The number of carbonyl (C=O) groups is 1. The van der Waals surface area contributed by atoms with Gasteiger partial charge in [0.25, 0.3) is 0 Å². The average Bonchev–Trinajstić information content (AvgIpc) is 2.52. The van der Waals surface area contributed by atoms with E-state index in [1.54, 1.807) is 12.1 Å². The molecule has 0 radical (unpaired) electrons. The van der Waals surface area contributed by atoms with Crippen LogP contribution in [0.1, 0.15) is 51.0 Å². The van der Waals surface area contributed by atoms with E-state index in [-0.39, 0.29) is 11.8 Å². The summed E-state index contributed by atoms with van der Waals surface area (Å²) < 4.78 is 4.98. The summed E-state index contributed by atoms with van der Waals surface area (Å²) >= 11 is 0. The third-order valence-electron chi connectivity index (χ3n) is 3.51. The van der Waals surface area contributed by atoms with E-state index in [2.05, 4.69) is 17.6 Å². The monoisotopic (exact) mass is 308 g/mol. The molecule has 0 bridgehead atoms. The minimum absolute atomic E-state index is 0.0780. The van der Waals surface area contributed by atoms with Crippen molar-refractivity contribution in [2.45, 2.75) is 52.0 Å². The quantitative estimate of drug-likeness (QED) is 0.579. The van der Waals surface area contributed by atoms with E-state index in [1.807, 2.05) is 6.07 Å². The largest absolute Gasteiger partial charge is 0.504 e. The normalized spacial score (nSPS) is 10.3. The number of unbranched alkanes of at least 4 members (excludes halogenated alkanes) is 5. The van der Waals surface area contributed by atoms with Gasteiger partial charge in [-0.15, -0.1) is 0 Å². The molecule has 0 unspecified atom stereocenters. The number of phenols is 1. The zero-order valence-electron chi connectivity index (χ0n) is 13.7. The standard InChI is InChI=1S/C17H28N2O3/c1-3-4-5-6-7-8-11-18-17(21)19-13-14-9-10-16(22-2)15(20)12-14/h9-10,12,20H,3-8,11,13H2,1-2H3,(H2,18,19,21). The summed E-state index contributed by atoms with van der Waals surface area (Å²) in [5.41, 5.74) is 0.827. The zero-order chi connectivity index (χ0) is 16.2. The Morgan fingerprint density at radius 3 is 2.55 bits per heavy atom. The van der Waals surface area contributed by atoms with Crippen LogP contribution >= 0.6 is 0 Å². The molecule has 0 atom stereocenters. The number of methoxy groups -OCH3 is 1. The molecule has 0 saturated carbocycles. The highest BCUT2D eigenvalue weighted by molar-refractivity contribution is 5.73. The van der Waals surface area contributed by atoms with Crippen molar-refractivity contribution in [1.29, 1.82) is 0 Å². The van der Waals surface area contributed by atoms with Crippen molar-refractivity contribution >= 4 is 6.03 Å². The van der Waals surface area contributed by atoms with Crippen molar-refractivity contribution in [2.24, 2.45) is 0 Å². The highest BCUT2D eigenvalue weighted by Crippen LogP contribution is 2.25. The minimum Gasteiger partial charge on any atom is -0.504 e. The number of carbonyl (C=O) groups excluding carboxylic acids is 1. The first-order valence-corrected chi connectivity index (χ1v) is 8.05. The van der Waals surface area contributed by atoms with Gasteiger partial charge in [-0.1, -0.05) is 45.1 Å². The van der Waals surface area contributed by atoms with E-state index in [9.17, 15) is 9.90 Å². The molecule has 0 aliphatic carbocycles. The smallest absolute Gasteiger partial charge is 0.315 e. The van der Waals surface area contributed by atoms with E-state index in [4.69, 9.17) is 4.74 Å². The minimum atomic E-state index is -0.177. The van der Waals surface area contributed by atoms with Gasteiger partial charge in [0.05, 0.1) is 7.11 Å². The summed E-state index contributed by atoms with van der Waals surface area (Å²) in [4.78, 5) is 11.7. The number of benzene rings is 1. The number of amides is 2. The predicted molar refractivity (Wildman–Crippen MR) is 88.3 cm³/mol. The molecule has 1 aromatic carbocycles. The van der Waals surface area contributed by atoms with Crippen molar-refractivity contribution in [1.82, 2.24) is 10.6 Å². The maximum Gasteiger partial charge on any atom is 0.315 e. The van der Waals surface area contributed by atoms with Gasteiger partial charge in [0.2, 0.25) is 0 Å². The first-order chi connectivity index (χ1) is 10.7. The molecule has 0 aromatic heterocycles. The van der Waals surface area contributed by atoms with Gasteiger partial charge in [0, 0.05) is 13.1 Å². The predicted octanol–water partition coefficient (Wildman–Crippen LogP) is 3.56. The SMILES string of the molecule is CCCCCCCCNC(=O)NCc1ccc(OC)c(O)c1. The molecule has 0 aliphatic rings. The Balaban J connectivity index is 2.14. The molecule has 0 saturated heterocycles. The summed E-state index contributed by atoms with van der Waals surface area (Å²) in [7, 11) is 1.50. The Morgan fingerprint density at radius 1 is 1.14 bits per heavy atom. The third-order valence-corrected chi connectivity index (χ3v) is 3.51. The van der Waals surface area contributed by atoms with Gasteiger partial charge in [0.15, 0.2) is 11.5 Å². The van der Waals surface area contributed by atoms with Crippen LogP contribution in [0, 0.1) is 0 Å². The third kappa shape index (κ3) is 7.20. The lowest BCUT2D eigenvalue weighted by Gasteiger charge is -2.09. The van der Waals surface area contributed by atoms with Gasteiger partial charge < -0.3 is 20.5 Å². The van der Waals surface area contributed by atoms with E-state index < -0.39 is 0 Å². The van der Waals surface area contributed by atoms with Crippen LogP contribution in [0.3, 0.4) is 0 Å². The van der Waals surface area contributed by atoms with Gasteiger partial charge in [-0.25, -0.2) is 4.79 Å². The second-order valence-corrected chi connectivity index (χ2v) is 5.38. The van der Waals surface area contributed by atoms with E-state index in [1.165, 1.54) is 32.8 Å². The summed E-state index contributed by atoms with van der Waals surface area (Å²) in [5.74, 6) is 0.505. The molecule has 2 amide bonds. The molecular weight excluding hydrogens is 280 g/mol. The van der Waals surface area contributed by atoms with Crippen molar-refractivity contribution < 1.29 is 14.6 Å². The number of aromatic hydroxyl groups is 1. The number of hydrogen-bond acceptors (Lipinski definition) is 3. The van der Waals surface area contributed by atoms with Crippen LogP contribution in [0.4, 0.5) is 4.79 Å². The zero-order valence-corrected chi connectivity index (χ0v) is 13.7. The molecule has 1 rings (SSSR count). The van der Waals surface area contributed by atoms with Gasteiger partial charge in [-0.05, 0) is 24.1 Å². The highest BCUT2D eigenvalue weighted by atomic mass is 16.5. The molecule has 1 aromatic rings. The Morgan fingerprint density at radius 2 is 1.86 bits per heavy atom. The van der Waals surface area contributed by atoms with Crippen molar-refractivity contribution in [3.63, 3.8) is 0 Å². The number of rotatable bonds is 10. The van der Waals surface area contributed by atoms with Crippen LogP contribution in [0.25, 0.3) is 0 Å². The van der Waals surface area contributed by atoms with Crippen LogP contribution < -0.4 is 15.4 Å². The number of urea groups is 1. The lowest BCUT2D eigenvalue weighted by Crippen LogP contribution is -2.35. The van der Waals surface area contributed by atoms with E-state index in [0.717, 1.165) is 18.4 Å². The fourth-order valence-corrected chi connectivity index (χ4v) is 2.20. The molecule has 5 heteroatoms. The van der Waals surface area contributed by atoms with Crippen molar-refractivity contribution in [3.8, 4) is 11.5 Å². The Labute approximate surface area is 133 Å². The number of ether oxygens (including phenoxy) is 1. The topological polar surface area (TPSA) is 70.6 Å². The number of hydrogen-bond donors (Lipinski definition) is 3. The van der Waals surface area contributed by atoms with Crippen molar-refractivity contribution in [2.75, 3.05) is 13.7 Å². The molecule has 0 fully saturated rings. The summed E-state index contributed by atoms with van der Waals surface area (Å²) in [6.07, 6.45) is 7.24. The van der Waals surface area contributed by atoms with E-state index in [0.29, 0.717) is 18.8 Å². The van der Waals surface area contributed by atoms with Crippen LogP contribution in [0.2, 0.25) is 0 Å². The first kappa shape index (κ1) is 18.1. The van der Waals surface area contributed by atoms with E-state index >= 15 is 0 Å². The lowest BCUT2D eigenvalue weighted by atomic mass is 10.1. The summed E-state index contributed by atoms with van der Waals surface area (Å²) in [6, 6.07) is 4.91. The van der Waals surface area contributed by atoms with Crippen LogP contribution in [-0.4, -0.2) is 24.8 Å². The Hall–Kier alpha value is -1.91. The lowest BCUT2D eigenvalue weighted by molar-refractivity contribution is 0.240. The maximum absolute atomic E-state index is 11.7. The average molecular weight is 308 g/mol. The second-order valence-electron chi connectivity index (χ2n) is 5.38. The Kier molecular flexibility index (Phi) is 8.88. The second kappa shape index (κ2) is 10.8. The van der Waals surface area contributed by atoms with Crippen molar-refractivity contribution in [3.05, 3.63) is 23.8 Å². The van der Waals surface area contributed by atoms with Crippen LogP contribution in [-0.2, 0) is 6.54 Å². The van der Waals surface area contributed by atoms with Crippen LogP contribution in [0.15, 0.2) is 18.2 Å². The van der Waals surface area contributed by atoms with Gasteiger partial charge >= 0.3 is 6.03 Å². The molecule has 0 aliphatic heterocycles. The van der Waals surface area contributed by atoms with Crippen LogP contribution in [0.5, 0.6) is 11.5 Å². The molecule has 0 spiro atoms. The number of nitrogens with one attached hydrogen (secondary N) is 2. The molecule has 124 valence electrons. The maximum atomic E-state index is 11.7. The fourth-order valence-electron chi connectivity index (χ4n) is 2.20. The highest BCUT2D eigenvalue weighted by Gasteiger charge is 2.04. The van der Waals surface area contributed by atoms with Gasteiger partial charge in [-0.2, -0.15) is 0 Å². The molecule has 5 nitrogen and oxygen atoms in total.